The van der Waals surface area contributed by atoms with E-state index in [0.717, 1.165) is 11.1 Å². The summed E-state index contributed by atoms with van der Waals surface area (Å²) in [5.41, 5.74) is 1.62. The van der Waals surface area contributed by atoms with E-state index in [-0.39, 0.29) is 0 Å². The van der Waals surface area contributed by atoms with Crippen LogP contribution in [0.3, 0.4) is 0 Å². The fourth-order valence-electron chi connectivity index (χ4n) is 3.26. The Labute approximate surface area is 206 Å². The molecule has 0 unspecified atom stereocenters. The molecule has 164 valence electrons. The molecule has 0 saturated heterocycles. The Kier molecular flexibility index (Phi) is 9.45. The maximum absolute atomic E-state index is 6.03. The Morgan fingerprint density at radius 2 is 1.12 bits per heavy atom. The van der Waals surface area contributed by atoms with Gasteiger partial charge in [-0.1, -0.05) is 114 Å². The van der Waals surface area contributed by atoms with E-state index >= 15 is 0 Å². The van der Waals surface area contributed by atoms with Crippen molar-refractivity contribution in [1.29, 1.82) is 0 Å². The van der Waals surface area contributed by atoms with Crippen molar-refractivity contribution in [2.75, 3.05) is 7.11 Å². The molecule has 5 heteroatoms. The van der Waals surface area contributed by atoms with Gasteiger partial charge in [0, 0.05) is 11.1 Å². The predicted molar refractivity (Wildman–Crippen MR) is 142 cm³/mol. The molecular formula is C27H24Cl3OP. The Hall–Kier alpha value is -2.02. The number of rotatable bonds is 5. The van der Waals surface area contributed by atoms with Crippen molar-refractivity contribution < 1.29 is 4.74 Å². The van der Waals surface area contributed by atoms with Gasteiger partial charge in [0.05, 0.1) is 23.0 Å². The fourth-order valence-corrected chi connectivity index (χ4v) is 6.55. The lowest BCUT2D eigenvalue weighted by molar-refractivity contribution is 0.411. The standard InChI is InChI=1S/C18H15P.C9H9Cl3O/c1-4-10-16(11-5-1)19(17-12-6-2-7-13-17)18-14-8-3-9-15-18;1-5-8(13-2)3-7(11)6(4-10)9(5)12/h1-15H;3H,4H2,1-2H3. The molecule has 32 heavy (non-hydrogen) atoms. The molecule has 0 atom stereocenters. The summed E-state index contributed by atoms with van der Waals surface area (Å²) in [6.45, 7) is 1.87. The molecule has 0 heterocycles. The van der Waals surface area contributed by atoms with E-state index in [1.807, 2.05) is 6.92 Å². The van der Waals surface area contributed by atoms with Crippen molar-refractivity contribution in [2.24, 2.45) is 0 Å². The predicted octanol–water partition coefficient (Wildman–Crippen LogP) is 7.49. The van der Waals surface area contributed by atoms with Crippen molar-refractivity contribution in [3.63, 3.8) is 0 Å². The molecule has 0 aliphatic carbocycles. The second kappa shape index (κ2) is 12.3. The molecule has 0 fully saturated rings. The average Bonchev–Trinajstić information content (AvgIpc) is 2.84. The quantitative estimate of drug-likeness (QED) is 0.203. The average molecular weight is 502 g/mol. The zero-order chi connectivity index (χ0) is 22.9. The number of methoxy groups -OCH3 is 1. The second-order valence-corrected chi connectivity index (χ2v) is 10.2. The third kappa shape index (κ3) is 6.06. The van der Waals surface area contributed by atoms with E-state index in [1.165, 1.54) is 15.9 Å². The van der Waals surface area contributed by atoms with Crippen LogP contribution in [0.2, 0.25) is 10.0 Å². The van der Waals surface area contributed by atoms with Gasteiger partial charge in [-0.15, -0.1) is 11.6 Å². The molecule has 0 saturated carbocycles. The highest BCUT2D eigenvalue weighted by Gasteiger charge is 2.15. The molecule has 0 radical (unpaired) electrons. The summed E-state index contributed by atoms with van der Waals surface area (Å²) in [5.74, 6) is 0.992. The van der Waals surface area contributed by atoms with Gasteiger partial charge in [0.15, 0.2) is 0 Å². The maximum atomic E-state index is 6.03. The molecule has 0 aromatic heterocycles. The minimum absolute atomic E-state index is 0.308. The lowest BCUT2D eigenvalue weighted by atomic mass is 10.1. The smallest absolute Gasteiger partial charge is 0.124 e. The van der Waals surface area contributed by atoms with E-state index in [4.69, 9.17) is 39.5 Å². The van der Waals surface area contributed by atoms with Crippen LogP contribution in [0.4, 0.5) is 0 Å². The summed E-state index contributed by atoms with van der Waals surface area (Å²) in [7, 11) is 1.13. The van der Waals surface area contributed by atoms with Crippen LogP contribution in [0, 0.1) is 6.92 Å². The van der Waals surface area contributed by atoms with E-state index in [1.54, 1.807) is 13.2 Å². The van der Waals surface area contributed by atoms with Gasteiger partial charge in [0.25, 0.3) is 0 Å². The summed E-state index contributed by atoms with van der Waals surface area (Å²) in [6.07, 6.45) is 0. The Morgan fingerprint density at radius 3 is 1.47 bits per heavy atom. The van der Waals surface area contributed by atoms with Gasteiger partial charge in [0.1, 0.15) is 5.75 Å². The van der Waals surface area contributed by atoms with Crippen molar-refractivity contribution in [3.05, 3.63) is 118 Å². The third-order valence-corrected chi connectivity index (χ3v) is 8.47. The van der Waals surface area contributed by atoms with Gasteiger partial charge in [-0.25, -0.2) is 0 Å². The van der Waals surface area contributed by atoms with Crippen molar-refractivity contribution in [2.45, 2.75) is 12.8 Å². The minimum Gasteiger partial charge on any atom is -0.496 e. The van der Waals surface area contributed by atoms with Crippen LogP contribution in [0.5, 0.6) is 5.75 Å². The van der Waals surface area contributed by atoms with Gasteiger partial charge < -0.3 is 4.74 Å². The highest BCUT2D eigenvalue weighted by Crippen LogP contribution is 2.35. The number of hydrogen-bond acceptors (Lipinski definition) is 1. The van der Waals surface area contributed by atoms with Crippen LogP contribution in [-0.4, -0.2) is 7.11 Å². The first-order valence-electron chi connectivity index (χ1n) is 10.1. The summed E-state index contributed by atoms with van der Waals surface area (Å²) < 4.78 is 5.09. The molecule has 1 nitrogen and oxygen atoms in total. The Bertz CT molecular complexity index is 1030. The van der Waals surface area contributed by atoms with Crippen LogP contribution in [0.15, 0.2) is 97.1 Å². The van der Waals surface area contributed by atoms with Crippen LogP contribution in [-0.2, 0) is 5.88 Å². The molecule has 4 aromatic carbocycles. The lowest BCUT2D eigenvalue weighted by Gasteiger charge is -2.18. The number of benzene rings is 4. The second-order valence-electron chi connectivity index (χ2n) is 6.95. The highest BCUT2D eigenvalue weighted by atomic mass is 35.5. The highest BCUT2D eigenvalue weighted by molar-refractivity contribution is 7.79. The number of ether oxygens (including phenoxy) is 1. The lowest BCUT2D eigenvalue weighted by Crippen LogP contribution is -2.20. The molecule has 0 amide bonds. The summed E-state index contributed by atoms with van der Waals surface area (Å²) in [6, 6.07) is 34.0. The largest absolute Gasteiger partial charge is 0.496 e. The van der Waals surface area contributed by atoms with Crippen molar-refractivity contribution in [1.82, 2.24) is 0 Å². The molecule has 0 spiro atoms. The van der Waals surface area contributed by atoms with E-state index in [9.17, 15) is 0 Å². The van der Waals surface area contributed by atoms with E-state index < -0.39 is 7.92 Å². The fraction of sp³-hybridized carbons (Fsp3) is 0.111. The van der Waals surface area contributed by atoms with Gasteiger partial charge in [-0.2, -0.15) is 0 Å². The number of alkyl halides is 1. The third-order valence-electron chi connectivity index (χ3n) is 4.91. The van der Waals surface area contributed by atoms with Gasteiger partial charge in [-0.05, 0) is 36.8 Å². The number of halogens is 3. The zero-order valence-electron chi connectivity index (χ0n) is 17.9. The number of hydrogen-bond donors (Lipinski definition) is 0. The summed E-state index contributed by atoms with van der Waals surface area (Å²) in [4.78, 5) is 0. The first-order chi connectivity index (χ1) is 15.6. The molecule has 4 rings (SSSR count). The molecule has 0 N–H and O–H groups in total. The SMILES string of the molecule is COc1cc(Cl)c(CCl)c(Cl)c1C.c1ccc(P(c2ccccc2)c2ccccc2)cc1. The first-order valence-corrected chi connectivity index (χ1v) is 12.7. The Morgan fingerprint density at radius 1 is 0.719 bits per heavy atom. The van der Waals surface area contributed by atoms with Crippen LogP contribution < -0.4 is 20.7 Å². The molecule has 0 bridgehead atoms. The van der Waals surface area contributed by atoms with Crippen LogP contribution >= 0.6 is 42.7 Å². The molecule has 4 aromatic rings. The molecule has 0 aliphatic heterocycles. The first kappa shape index (κ1) is 24.6. The monoisotopic (exact) mass is 500 g/mol. The Balaban J connectivity index is 0.000000195. The van der Waals surface area contributed by atoms with E-state index in [0.29, 0.717) is 21.7 Å². The molecule has 0 aliphatic rings. The van der Waals surface area contributed by atoms with Crippen LogP contribution in [0.1, 0.15) is 11.1 Å². The summed E-state index contributed by atoms with van der Waals surface area (Å²) in [5, 5.41) is 5.32. The minimum atomic E-state index is -0.446. The van der Waals surface area contributed by atoms with Gasteiger partial charge in [-0.3, -0.25) is 0 Å². The van der Waals surface area contributed by atoms with Gasteiger partial charge >= 0.3 is 0 Å². The van der Waals surface area contributed by atoms with E-state index in [2.05, 4.69) is 91.0 Å². The summed E-state index contributed by atoms with van der Waals surface area (Å²) >= 11 is 17.7. The normalized spacial score (nSPS) is 10.4. The van der Waals surface area contributed by atoms with Crippen LogP contribution in [0.25, 0.3) is 0 Å². The van der Waals surface area contributed by atoms with Crippen molar-refractivity contribution in [3.8, 4) is 5.75 Å². The topological polar surface area (TPSA) is 9.23 Å². The van der Waals surface area contributed by atoms with Gasteiger partial charge in [0.2, 0.25) is 0 Å². The molecular weight excluding hydrogens is 478 g/mol. The zero-order valence-corrected chi connectivity index (χ0v) is 21.1. The van der Waals surface area contributed by atoms with Crippen molar-refractivity contribution >= 4 is 58.6 Å². The maximum Gasteiger partial charge on any atom is 0.124 e.